The number of likely N-dealkylation sites (N-methyl/N-ethyl adjacent to an activating group) is 1. The highest BCUT2D eigenvalue weighted by atomic mass is 16.5. The van der Waals surface area contributed by atoms with Crippen LogP contribution in [0, 0.1) is 13.8 Å². The molecular formula is C35H45N5O3. The van der Waals surface area contributed by atoms with Crippen molar-refractivity contribution in [3.05, 3.63) is 80.8 Å². The lowest BCUT2D eigenvalue weighted by molar-refractivity contribution is 0.0946. The van der Waals surface area contributed by atoms with E-state index in [-0.39, 0.29) is 18.0 Å². The fourth-order valence-electron chi connectivity index (χ4n) is 6.88. The molecule has 3 aromatic rings. The molecule has 6 rings (SSSR count). The van der Waals surface area contributed by atoms with Crippen LogP contribution >= 0.6 is 0 Å². The second-order valence-corrected chi connectivity index (χ2v) is 12.6. The van der Waals surface area contributed by atoms with Gasteiger partial charge in [-0.2, -0.15) is 0 Å². The molecule has 1 aromatic heterocycles. The van der Waals surface area contributed by atoms with Gasteiger partial charge in [0.2, 0.25) is 0 Å². The first-order chi connectivity index (χ1) is 20.9. The number of nitrogens with one attached hydrogen (secondary N) is 2. The zero-order valence-corrected chi connectivity index (χ0v) is 25.9. The number of benzene rings is 2. The molecule has 1 amide bonds. The Morgan fingerprint density at radius 2 is 1.70 bits per heavy atom. The summed E-state index contributed by atoms with van der Waals surface area (Å²) in [5, 5.41) is 3.03. The van der Waals surface area contributed by atoms with E-state index in [0.29, 0.717) is 29.5 Å². The number of H-pyrrole nitrogens is 1. The summed E-state index contributed by atoms with van der Waals surface area (Å²) in [7, 11) is 2.18. The molecule has 1 saturated carbocycles. The number of amides is 1. The molecule has 0 bridgehead atoms. The lowest BCUT2D eigenvalue weighted by Gasteiger charge is -2.40. The van der Waals surface area contributed by atoms with Crippen LogP contribution in [0.15, 0.2) is 47.3 Å². The molecule has 3 heterocycles. The minimum atomic E-state index is -0.227. The zero-order valence-electron chi connectivity index (χ0n) is 25.9. The van der Waals surface area contributed by atoms with Crippen LogP contribution in [0.5, 0.6) is 5.75 Å². The first kappa shape index (κ1) is 29.5. The number of carbonyl (C=O) groups excluding carboxylic acids is 1. The quantitative estimate of drug-likeness (QED) is 0.413. The molecule has 0 radical (unpaired) electrons. The van der Waals surface area contributed by atoms with Gasteiger partial charge in [-0.1, -0.05) is 43.5 Å². The molecule has 2 aliphatic heterocycles. The summed E-state index contributed by atoms with van der Waals surface area (Å²) >= 11 is 0. The standard InChI is InChI=1S/C35H45N5O3/c1-24-19-25(2)37-35(42)31(24)22-36-34(41)30-20-28(21-32-33(30)43-18-17-40(32)29-7-5-4-6-8-29)27-11-9-26(10-12-27)23-39-15-13-38(3)14-16-39/h9-12,19-21,29H,4-8,13-18,22-23H2,1-3H3,(H,36,41)(H,37,42). The Hall–Kier alpha value is -3.62. The maximum Gasteiger partial charge on any atom is 0.255 e. The second-order valence-electron chi connectivity index (χ2n) is 12.6. The van der Waals surface area contributed by atoms with Crippen molar-refractivity contribution < 1.29 is 9.53 Å². The highest BCUT2D eigenvalue weighted by molar-refractivity contribution is 6.01. The van der Waals surface area contributed by atoms with Crippen molar-refractivity contribution in [3.8, 4) is 16.9 Å². The molecule has 8 nitrogen and oxygen atoms in total. The van der Waals surface area contributed by atoms with Crippen molar-refractivity contribution in [1.82, 2.24) is 20.1 Å². The topological polar surface area (TPSA) is 80.9 Å². The summed E-state index contributed by atoms with van der Waals surface area (Å²) in [5.74, 6) is 0.425. The van der Waals surface area contributed by atoms with Gasteiger partial charge in [0.1, 0.15) is 6.61 Å². The molecule has 0 atom stereocenters. The number of pyridine rings is 1. The van der Waals surface area contributed by atoms with Crippen LogP contribution in [0.3, 0.4) is 0 Å². The number of fused-ring (bicyclic) bond motifs is 1. The maximum absolute atomic E-state index is 13.8. The van der Waals surface area contributed by atoms with Gasteiger partial charge in [0.25, 0.3) is 11.5 Å². The highest BCUT2D eigenvalue weighted by Gasteiger charge is 2.30. The molecule has 228 valence electrons. The van der Waals surface area contributed by atoms with Crippen molar-refractivity contribution in [1.29, 1.82) is 0 Å². The largest absolute Gasteiger partial charge is 0.489 e. The van der Waals surface area contributed by atoms with Crippen molar-refractivity contribution in [2.45, 2.75) is 65.1 Å². The number of carbonyl (C=O) groups is 1. The van der Waals surface area contributed by atoms with Crippen LogP contribution in [0.4, 0.5) is 5.69 Å². The first-order valence-corrected chi connectivity index (χ1v) is 15.9. The van der Waals surface area contributed by atoms with Crippen LogP contribution in [0.25, 0.3) is 11.1 Å². The van der Waals surface area contributed by atoms with Crippen molar-refractivity contribution in [2.24, 2.45) is 0 Å². The lowest BCUT2D eigenvalue weighted by Crippen LogP contribution is -2.43. The molecule has 2 N–H and O–H groups in total. The number of nitrogens with zero attached hydrogens (tertiary/aromatic N) is 3. The Balaban J connectivity index is 1.30. The molecule has 2 fully saturated rings. The molecule has 0 unspecified atom stereocenters. The number of rotatable bonds is 7. The number of anilines is 1. The van der Waals surface area contributed by atoms with Gasteiger partial charge >= 0.3 is 0 Å². The Morgan fingerprint density at radius 1 is 0.953 bits per heavy atom. The summed E-state index contributed by atoms with van der Waals surface area (Å²) < 4.78 is 6.23. The van der Waals surface area contributed by atoms with Crippen molar-refractivity contribution in [2.75, 3.05) is 51.3 Å². The number of hydrogen-bond donors (Lipinski definition) is 2. The minimum absolute atomic E-state index is 0.159. The molecule has 2 aromatic carbocycles. The molecule has 43 heavy (non-hydrogen) atoms. The van der Waals surface area contributed by atoms with Gasteiger partial charge in [0.05, 0.1) is 17.8 Å². The average molecular weight is 584 g/mol. The van der Waals surface area contributed by atoms with Crippen LogP contribution in [-0.4, -0.2) is 73.1 Å². The van der Waals surface area contributed by atoms with Gasteiger partial charge in [-0.25, -0.2) is 0 Å². The Bertz CT molecular complexity index is 1500. The lowest BCUT2D eigenvalue weighted by atomic mass is 9.92. The van der Waals surface area contributed by atoms with Gasteiger partial charge in [0.15, 0.2) is 5.75 Å². The normalized spacial score (nSPS) is 18.3. The molecular weight excluding hydrogens is 538 g/mol. The average Bonchev–Trinajstić information content (AvgIpc) is 3.01. The van der Waals surface area contributed by atoms with E-state index in [2.05, 4.69) is 62.4 Å². The van der Waals surface area contributed by atoms with Crippen molar-refractivity contribution in [3.63, 3.8) is 0 Å². The monoisotopic (exact) mass is 583 g/mol. The van der Waals surface area contributed by atoms with Gasteiger partial charge in [0, 0.05) is 56.6 Å². The molecule has 3 aliphatic rings. The maximum atomic E-state index is 13.8. The minimum Gasteiger partial charge on any atom is -0.489 e. The van der Waals surface area contributed by atoms with Crippen LogP contribution in [0.2, 0.25) is 0 Å². The number of aromatic nitrogens is 1. The number of piperazine rings is 1. The van der Waals surface area contributed by atoms with E-state index in [0.717, 1.165) is 67.3 Å². The third kappa shape index (κ3) is 6.65. The Morgan fingerprint density at radius 3 is 2.42 bits per heavy atom. The molecule has 1 saturated heterocycles. The van der Waals surface area contributed by atoms with Crippen LogP contribution in [-0.2, 0) is 13.1 Å². The van der Waals surface area contributed by atoms with Gasteiger partial charge in [-0.15, -0.1) is 0 Å². The van der Waals surface area contributed by atoms with Gasteiger partial charge < -0.3 is 24.8 Å². The Labute approximate surface area is 255 Å². The Kier molecular flexibility index (Phi) is 8.86. The number of aryl methyl sites for hydroxylation is 2. The third-order valence-corrected chi connectivity index (χ3v) is 9.43. The predicted molar refractivity (Wildman–Crippen MR) is 172 cm³/mol. The smallest absolute Gasteiger partial charge is 0.255 e. The fraction of sp³-hybridized carbons (Fsp3) is 0.486. The number of hydrogen-bond acceptors (Lipinski definition) is 6. The second kappa shape index (κ2) is 12.9. The predicted octanol–water partition coefficient (Wildman–Crippen LogP) is 4.87. The summed E-state index contributed by atoms with van der Waals surface area (Å²) in [4.78, 5) is 36.7. The zero-order chi connectivity index (χ0) is 29.9. The SMILES string of the molecule is Cc1cc(C)c(CNC(=O)c2cc(-c3ccc(CN4CCN(C)CC4)cc3)cc3c2OCCN3C2CCCCC2)c(=O)[nH]1. The highest BCUT2D eigenvalue weighted by Crippen LogP contribution is 2.42. The van der Waals surface area contributed by atoms with E-state index in [4.69, 9.17) is 4.74 Å². The first-order valence-electron chi connectivity index (χ1n) is 15.9. The summed E-state index contributed by atoms with van der Waals surface area (Å²) in [6.07, 6.45) is 6.11. The summed E-state index contributed by atoms with van der Waals surface area (Å²) in [5.41, 5.74) is 7.01. The fourth-order valence-corrected chi connectivity index (χ4v) is 6.88. The van der Waals surface area contributed by atoms with E-state index in [9.17, 15) is 9.59 Å². The van der Waals surface area contributed by atoms with E-state index in [1.165, 1.54) is 37.7 Å². The van der Waals surface area contributed by atoms with E-state index in [1.807, 2.05) is 26.0 Å². The van der Waals surface area contributed by atoms with Gasteiger partial charge in [-0.05, 0) is 74.2 Å². The third-order valence-electron chi connectivity index (χ3n) is 9.43. The van der Waals surface area contributed by atoms with Crippen LogP contribution < -0.4 is 20.5 Å². The molecule has 0 spiro atoms. The van der Waals surface area contributed by atoms with Crippen molar-refractivity contribution >= 4 is 11.6 Å². The number of ether oxygens (including phenoxy) is 1. The van der Waals surface area contributed by atoms with E-state index in [1.54, 1.807) is 0 Å². The van der Waals surface area contributed by atoms with Crippen LogP contribution in [0.1, 0.15) is 64.8 Å². The van der Waals surface area contributed by atoms with E-state index >= 15 is 0 Å². The summed E-state index contributed by atoms with van der Waals surface area (Å²) in [6.45, 7) is 10.7. The van der Waals surface area contributed by atoms with E-state index < -0.39 is 0 Å². The summed E-state index contributed by atoms with van der Waals surface area (Å²) in [6, 6.07) is 15.4. The number of aromatic amines is 1. The van der Waals surface area contributed by atoms with Gasteiger partial charge in [-0.3, -0.25) is 14.5 Å². The molecule has 8 heteroatoms. The molecule has 1 aliphatic carbocycles.